The molecule has 0 aromatic heterocycles. The monoisotopic (exact) mass is 275 g/mol. The van der Waals surface area contributed by atoms with Gasteiger partial charge in [0.25, 0.3) is 0 Å². The van der Waals surface area contributed by atoms with Crippen LogP contribution in [0.25, 0.3) is 0 Å². The fourth-order valence-corrected chi connectivity index (χ4v) is 3.51. The van der Waals surface area contributed by atoms with Gasteiger partial charge in [0.2, 0.25) is 0 Å². The standard InChI is InChI=1S/C17H25NO2/c1-3-18-15-12-17(7-4-9-19-10-8-17)20-16-6-5-13(2)11-14(15)16/h5-6,11,15,18H,3-4,7-10,12H2,1-2H3. The maximum atomic E-state index is 6.45. The molecule has 0 saturated carbocycles. The Balaban J connectivity index is 1.93. The fourth-order valence-electron chi connectivity index (χ4n) is 3.51. The van der Waals surface area contributed by atoms with Crippen LogP contribution in [-0.4, -0.2) is 25.4 Å². The maximum absolute atomic E-state index is 6.45. The molecule has 1 N–H and O–H groups in total. The second-order valence-corrected chi connectivity index (χ2v) is 6.11. The average molecular weight is 275 g/mol. The van der Waals surface area contributed by atoms with Gasteiger partial charge in [0.1, 0.15) is 11.4 Å². The number of hydrogen-bond acceptors (Lipinski definition) is 3. The Morgan fingerprint density at radius 2 is 2.20 bits per heavy atom. The molecule has 0 amide bonds. The molecule has 3 rings (SSSR count). The summed E-state index contributed by atoms with van der Waals surface area (Å²) >= 11 is 0. The van der Waals surface area contributed by atoms with Crippen molar-refractivity contribution in [1.82, 2.24) is 5.32 Å². The number of fused-ring (bicyclic) bond motifs is 1. The highest BCUT2D eigenvalue weighted by atomic mass is 16.5. The van der Waals surface area contributed by atoms with Gasteiger partial charge in [-0.05, 0) is 32.4 Å². The lowest BCUT2D eigenvalue weighted by Gasteiger charge is -2.42. The summed E-state index contributed by atoms with van der Waals surface area (Å²) in [5, 5.41) is 3.64. The van der Waals surface area contributed by atoms with Crippen LogP contribution in [0, 0.1) is 6.92 Å². The van der Waals surface area contributed by atoms with E-state index in [2.05, 4.69) is 37.4 Å². The summed E-state index contributed by atoms with van der Waals surface area (Å²) in [6.07, 6.45) is 4.26. The third-order valence-electron chi connectivity index (χ3n) is 4.52. The zero-order valence-corrected chi connectivity index (χ0v) is 12.6. The highest BCUT2D eigenvalue weighted by molar-refractivity contribution is 5.41. The third kappa shape index (κ3) is 2.70. The second kappa shape index (κ2) is 5.74. The fraction of sp³-hybridized carbons (Fsp3) is 0.647. The Hall–Kier alpha value is -1.06. The van der Waals surface area contributed by atoms with Gasteiger partial charge in [-0.3, -0.25) is 0 Å². The van der Waals surface area contributed by atoms with Crippen molar-refractivity contribution < 1.29 is 9.47 Å². The molecular weight excluding hydrogens is 250 g/mol. The molecule has 20 heavy (non-hydrogen) atoms. The molecule has 2 aliphatic rings. The van der Waals surface area contributed by atoms with E-state index in [1.807, 2.05) is 0 Å². The Bertz CT molecular complexity index is 464. The minimum absolute atomic E-state index is 0.0361. The SMILES string of the molecule is CCNC1CC2(CCCOCC2)Oc2ccc(C)cc21. The third-order valence-corrected chi connectivity index (χ3v) is 4.52. The van der Waals surface area contributed by atoms with Gasteiger partial charge in [0.15, 0.2) is 0 Å². The van der Waals surface area contributed by atoms with Crippen molar-refractivity contribution in [3.8, 4) is 5.75 Å². The first kappa shape index (κ1) is 13.9. The van der Waals surface area contributed by atoms with Crippen LogP contribution in [0.3, 0.4) is 0 Å². The van der Waals surface area contributed by atoms with Gasteiger partial charge in [0.05, 0.1) is 6.61 Å². The van der Waals surface area contributed by atoms with Crippen molar-refractivity contribution in [2.75, 3.05) is 19.8 Å². The first-order chi connectivity index (χ1) is 9.72. The Kier molecular flexibility index (Phi) is 3.99. The molecule has 2 unspecified atom stereocenters. The number of benzene rings is 1. The van der Waals surface area contributed by atoms with Gasteiger partial charge in [-0.1, -0.05) is 24.6 Å². The molecule has 1 saturated heterocycles. The van der Waals surface area contributed by atoms with E-state index in [4.69, 9.17) is 9.47 Å². The Morgan fingerprint density at radius 3 is 3.05 bits per heavy atom. The zero-order valence-electron chi connectivity index (χ0n) is 12.6. The lowest BCUT2D eigenvalue weighted by atomic mass is 9.82. The quantitative estimate of drug-likeness (QED) is 0.897. The van der Waals surface area contributed by atoms with E-state index in [1.165, 1.54) is 11.1 Å². The van der Waals surface area contributed by atoms with Crippen molar-refractivity contribution >= 4 is 0 Å². The van der Waals surface area contributed by atoms with Crippen molar-refractivity contribution in [2.24, 2.45) is 0 Å². The summed E-state index contributed by atoms with van der Waals surface area (Å²) in [7, 11) is 0. The molecule has 110 valence electrons. The maximum Gasteiger partial charge on any atom is 0.124 e. The predicted octanol–water partition coefficient (Wildman–Crippen LogP) is 3.37. The van der Waals surface area contributed by atoms with Crippen molar-refractivity contribution in [1.29, 1.82) is 0 Å². The number of hydrogen-bond donors (Lipinski definition) is 1. The molecule has 1 aromatic rings. The van der Waals surface area contributed by atoms with E-state index in [1.54, 1.807) is 0 Å². The molecule has 0 aliphatic carbocycles. The van der Waals surface area contributed by atoms with Gasteiger partial charge in [0, 0.05) is 31.1 Å². The predicted molar refractivity (Wildman–Crippen MR) is 80.2 cm³/mol. The molecule has 1 spiro atoms. The number of ether oxygens (including phenoxy) is 2. The molecule has 2 heterocycles. The molecule has 2 atom stereocenters. The number of rotatable bonds is 2. The van der Waals surface area contributed by atoms with Crippen LogP contribution in [-0.2, 0) is 4.74 Å². The number of nitrogens with one attached hydrogen (secondary N) is 1. The normalized spacial score (nSPS) is 29.6. The van der Waals surface area contributed by atoms with E-state index in [0.29, 0.717) is 6.04 Å². The topological polar surface area (TPSA) is 30.5 Å². The van der Waals surface area contributed by atoms with Crippen LogP contribution in [0.4, 0.5) is 0 Å². The Labute approximate surface area is 121 Å². The minimum atomic E-state index is -0.0361. The molecule has 0 bridgehead atoms. The summed E-state index contributed by atoms with van der Waals surface area (Å²) in [4.78, 5) is 0. The van der Waals surface area contributed by atoms with Gasteiger partial charge in [-0.2, -0.15) is 0 Å². The van der Waals surface area contributed by atoms with Gasteiger partial charge >= 0.3 is 0 Å². The molecule has 1 fully saturated rings. The summed E-state index contributed by atoms with van der Waals surface area (Å²) in [6, 6.07) is 6.96. The second-order valence-electron chi connectivity index (χ2n) is 6.11. The molecule has 3 nitrogen and oxygen atoms in total. The molecule has 0 radical (unpaired) electrons. The molecule has 2 aliphatic heterocycles. The van der Waals surface area contributed by atoms with E-state index in [-0.39, 0.29) is 5.60 Å². The summed E-state index contributed by atoms with van der Waals surface area (Å²) < 4.78 is 12.1. The smallest absolute Gasteiger partial charge is 0.124 e. The molecule has 1 aromatic carbocycles. The molecule has 3 heteroatoms. The van der Waals surface area contributed by atoms with Crippen molar-refractivity contribution in [2.45, 2.75) is 51.2 Å². The summed E-state index contributed by atoms with van der Waals surface area (Å²) in [5.74, 6) is 1.06. The first-order valence-corrected chi connectivity index (χ1v) is 7.83. The lowest BCUT2D eigenvalue weighted by Crippen LogP contribution is -2.44. The zero-order chi connectivity index (χ0) is 14.0. The van der Waals surface area contributed by atoms with Gasteiger partial charge in [-0.25, -0.2) is 0 Å². The number of aryl methyl sites for hydroxylation is 1. The minimum Gasteiger partial charge on any atom is -0.487 e. The summed E-state index contributed by atoms with van der Waals surface area (Å²) in [5.41, 5.74) is 2.59. The highest BCUT2D eigenvalue weighted by Crippen LogP contribution is 2.44. The Morgan fingerprint density at radius 1 is 1.30 bits per heavy atom. The van der Waals surface area contributed by atoms with Gasteiger partial charge < -0.3 is 14.8 Å². The lowest BCUT2D eigenvalue weighted by molar-refractivity contribution is 0.0110. The average Bonchev–Trinajstić information content (AvgIpc) is 2.66. The van der Waals surface area contributed by atoms with Crippen LogP contribution < -0.4 is 10.1 Å². The highest BCUT2D eigenvalue weighted by Gasteiger charge is 2.41. The van der Waals surface area contributed by atoms with Crippen molar-refractivity contribution in [3.63, 3.8) is 0 Å². The summed E-state index contributed by atoms with van der Waals surface area (Å²) in [6.45, 7) is 7.00. The van der Waals surface area contributed by atoms with Crippen LogP contribution >= 0.6 is 0 Å². The van der Waals surface area contributed by atoms with E-state index in [0.717, 1.165) is 51.2 Å². The van der Waals surface area contributed by atoms with Crippen LogP contribution in [0.5, 0.6) is 5.75 Å². The van der Waals surface area contributed by atoms with Crippen LogP contribution in [0.2, 0.25) is 0 Å². The van der Waals surface area contributed by atoms with E-state index in [9.17, 15) is 0 Å². The largest absolute Gasteiger partial charge is 0.487 e. The van der Waals surface area contributed by atoms with Gasteiger partial charge in [-0.15, -0.1) is 0 Å². The van der Waals surface area contributed by atoms with E-state index >= 15 is 0 Å². The molecular formula is C17H25NO2. The van der Waals surface area contributed by atoms with Crippen LogP contribution in [0.1, 0.15) is 49.8 Å². The first-order valence-electron chi connectivity index (χ1n) is 7.83. The van der Waals surface area contributed by atoms with Crippen LogP contribution in [0.15, 0.2) is 18.2 Å². The van der Waals surface area contributed by atoms with Crippen molar-refractivity contribution in [3.05, 3.63) is 29.3 Å². The van der Waals surface area contributed by atoms with E-state index < -0.39 is 0 Å².